The molecule has 3 aromatic heterocycles. The molecule has 2 bridgehead atoms. The van der Waals surface area contributed by atoms with E-state index in [4.69, 9.17) is 10.5 Å². The Labute approximate surface area is 162 Å². The highest BCUT2D eigenvalue weighted by atomic mass is 16.5. The van der Waals surface area contributed by atoms with Crippen LogP contribution in [0.15, 0.2) is 6.20 Å². The molecule has 1 aliphatic rings. The number of fused-ring (bicyclic) bond motifs is 2. The van der Waals surface area contributed by atoms with E-state index in [1.54, 1.807) is 0 Å². The molecular formula is C18H24N8O2. The van der Waals surface area contributed by atoms with Gasteiger partial charge in [-0.05, 0) is 19.8 Å². The molecule has 0 atom stereocenters. The third-order valence-electron chi connectivity index (χ3n) is 4.86. The number of carbonyl (C=O) groups excluding carboxylic acids is 1. The lowest BCUT2D eigenvalue weighted by Gasteiger charge is -2.07. The fourth-order valence-corrected chi connectivity index (χ4v) is 3.38. The summed E-state index contributed by atoms with van der Waals surface area (Å²) >= 11 is 0. The SMILES string of the molecule is CCc1nn2c3nc(ncc13)Nc1c(nn(CCCC(N)=O)c1C)OCCC2. The summed E-state index contributed by atoms with van der Waals surface area (Å²) in [6.45, 7) is 5.83. The van der Waals surface area contributed by atoms with Gasteiger partial charge in [0.1, 0.15) is 5.69 Å². The Hall–Kier alpha value is -3.17. The third-order valence-corrected chi connectivity index (χ3v) is 4.86. The van der Waals surface area contributed by atoms with Crippen LogP contribution in [0.1, 0.15) is 37.6 Å². The van der Waals surface area contributed by atoms with E-state index in [0.717, 1.165) is 41.0 Å². The molecule has 10 heteroatoms. The van der Waals surface area contributed by atoms with Crippen molar-refractivity contribution < 1.29 is 9.53 Å². The van der Waals surface area contributed by atoms with Gasteiger partial charge in [0.2, 0.25) is 11.9 Å². The van der Waals surface area contributed by atoms with E-state index < -0.39 is 0 Å². The Morgan fingerprint density at radius 3 is 3.04 bits per heavy atom. The fourth-order valence-electron chi connectivity index (χ4n) is 3.38. The van der Waals surface area contributed by atoms with Gasteiger partial charge in [-0.1, -0.05) is 6.92 Å². The van der Waals surface area contributed by atoms with Gasteiger partial charge in [-0.3, -0.25) is 9.48 Å². The number of ether oxygens (including phenoxy) is 1. The Balaban J connectivity index is 1.69. The predicted octanol–water partition coefficient (Wildman–Crippen LogP) is 1.69. The Morgan fingerprint density at radius 1 is 1.39 bits per heavy atom. The number of hydrogen-bond donors (Lipinski definition) is 2. The number of rotatable bonds is 5. The molecular weight excluding hydrogens is 360 g/mol. The largest absolute Gasteiger partial charge is 0.475 e. The number of primary amides is 1. The Morgan fingerprint density at radius 2 is 2.25 bits per heavy atom. The van der Waals surface area contributed by atoms with Gasteiger partial charge in [0.05, 0.1) is 23.4 Å². The van der Waals surface area contributed by atoms with Gasteiger partial charge >= 0.3 is 0 Å². The minimum absolute atomic E-state index is 0.313. The summed E-state index contributed by atoms with van der Waals surface area (Å²) in [7, 11) is 0. The van der Waals surface area contributed by atoms with Crippen molar-refractivity contribution in [3.05, 3.63) is 17.6 Å². The van der Waals surface area contributed by atoms with Crippen LogP contribution in [0.4, 0.5) is 11.6 Å². The highest BCUT2D eigenvalue weighted by Gasteiger charge is 2.20. The van der Waals surface area contributed by atoms with Gasteiger partial charge in [0.25, 0.3) is 5.88 Å². The number of aryl methyl sites for hydroxylation is 3. The molecule has 3 N–H and O–H groups in total. The van der Waals surface area contributed by atoms with Crippen LogP contribution >= 0.6 is 0 Å². The molecule has 4 heterocycles. The number of nitrogens with zero attached hydrogens (tertiary/aromatic N) is 6. The normalized spacial score (nSPS) is 13.6. The van der Waals surface area contributed by atoms with E-state index in [2.05, 4.69) is 32.4 Å². The fraction of sp³-hybridized carbons (Fsp3) is 0.500. The summed E-state index contributed by atoms with van der Waals surface area (Å²) < 4.78 is 9.68. The van der Waals surface area contributed by atoms with Crippen molar-refractivity contribution in [1.29, 1.82) is 0 Å². The smallest absolute Gasteiger partial charge is 0.257 e. The van der Waals surface area contributed by atoms with Crippen LogP contribution in [-0.2, 0) is 24.3 Å². The number of aromatic nitrogens is 6. The first-order valence-corrected chi connectivity index (χ1v) is 9.54. The van der Waals surface area contributed by atoms with Crippen molar-refractivity contribution in [1.82, 2.24) is 29.5 Å². The summed E-state index contributed by atoms with van der Waals surface area (Å²) in [5.41, 5.74) is 8.68. The van der Waals surface area contributed by atoms with Crippen LogP contribution < -0.4 is 15.8 Å². The molecule has 0 aromatic carbocycles. The average Bonchev–Trinajstić information content (AvgIpc) is 3.16. The molecule has 1 amide bonds. The van der Waals surface area contributed by atoms with E-state index >= 15 is 0 Å². The van der Waals surface area contributed by atoms with Crippen LogP contribution in [0.5, 0.6) is 5.88 Å². The molecule has 28 heavy (non-hydrogen) atoms. The maximum absolute atomic E-state index is 11.0. The molecule has 1 aliphatic heterocycles. The zero-order valence-electron chi connectivity index (χ0n) is 16.1. The lowest BCUT2D eigenvalue weighted by molar-refractivity contribution is -0.118. The molecule has 0 spiro atoms. The molecule has 0 saturated heterocycles. The highest BCUT2D eigenvalue weighted by molar-refractivity contribution is 5.79. The van der Waals surface area contributed by atoms with E-state index in [0.29, 0.717) is 44.4 Å². The van der Waals surface area contributed by atoms with Crippen LogP contribution in [0.3, 0.4) is 0 Å². The molecule has 0 aliphatic carbocycles. The van der Waals surface area contributed by atoms with E-state index in [1.807, 2.05) is 22.5 Å². The first-order valence-electron chi connectivity index (χ1n) is 9.54. The first-order chi connectivity index (χ1) is 13.6. The molecule has 3 aromatic rings. The second kappa shape index (κ2) is 7.45. The van der Waals surface area contributed by atoms with Gasteiger partial charge in [0, 0.05) is 32.1 Å². The van der Waals surface area contributed by atoms with Crippen molar-refractivity contribution >= 4 is 28.6 Å². The van der Waals surface area contributed by atoms with Crippen LogP contribution in [-0.4, -0.2) is 42.0 Å². The first kappa shape index (κ1) is 18.2. The minimum Gasteiger partial charge on any atom is -0.475 e. The number of hydrogen-bond acceptors (Lipinski definition) is 7. The number of nitrogens with two attached hydrogens (primary N) is 1. The maximum atomic E-state index is 11.0. The van der Waals surface area contributed by atoms with Crippen molar-refractivity contribution in [3.63, 3.8) is 0 Å². The van der Waals surface area contributed by atoms with Crippen LogP contribution in [0, 0.1) is 6.92 Å². The number of nitrogens with one attached hydrogen (secondary N) is 1. The van der Waals surface area contributed by atoms with Crippen molar-refractivity contribution in [3.8, 4) is 5.88 Å². The van der Waals surface area contributed by atoms with Gasteiger partial charge in [-0.25, -0.2) is 9.67 Å². The topological polar surface area (TPSA) is 126 Å². The summed E-state index contributed by atoms with van der Waals surface area (Å²) in [6, 6.07) is 0. The minimum atomic E-state index is -0.313. The summed E-state index contributed by atoms with van der Waals surface area (Å²) in [6.07, 6.45) is 4.38. The Bertz CT molecular complexity index is 1020. The number of anilines is 2. The molecule has 10 nitrogen and oxygen atoms in total. The summed E-state index contributed by atoms with van der Waals surface area (Å²) in [4.78, 5) is 20.1. The van der Waals surface area contributed by atoms with Gasteiger partial charge in [0.15, 0.2) is 5.65 Å². The highest BCUT2D eigenvalue weighted by Crippen LogP contribution is 2.31. The number of amides is 1. The molecule has 148 valence electrons. The van der Waals surface area contributed by atoms with Crippen molar-refractivity contribution in [2.45, 2.75) is 52.6 Å². The lowest BCUT2D eigenvalue weighted by atomic mass is 10.2. The molecule has 0 unspecified atom stereocenters. The quantitative estimate of drug-likeness (QED) is 0.685. The van der Waals surface area contributed by atoms with E-state index in [1.165, 1.54) is 0 Å². The molecule has 4 rings (SSSR count). The third kappa shape index (κ3) is 3.37. The van der Waals surface area contributed by atoms with Crippen molar-refractivity contribution in [2.24, 2.45) is 5.73 Å². The molecule has 0 saturated carbocycles. The second-order valence-electron chi connectivity index (χ2n) is 6.84. The number of carbonyl (C=O) groups is 1. The van der Waals surface area contributed by atoms with Crippen LogP contribution in [0.25, 0.3) is 11.0 Å². The molecule has 0 radical (unpaired) electrons. The predicted molar refractivity (Wildman–Crippen MR) is 103 cm³/mol. The second-order valence-corrected chi connectivity index (χ2v) is 6.84. The van der Waals surface area contributed by atoms with Gasteiger partial charge in [-0.2, -0.15) is 10.1 Å². The van der Waals surface area contributed by atoms with E-state index in [-0.39, 0.29) is 5.91 Å². The Kier molecular flexibility index (Phi) is 4.84. The zero-order valence-corrected chi connectivity index (χ0v) is 16.1. The van der Waals surface area contributed by atoms with Crippen LogP contribution in [0.2, 0.25) is 0 Å². The average molecular weight is 384 g/mol. The lowest BCUT2D eigenvalue weighted by Crippen LogP contribution is -2.12. The summed E-state index contributed by atoms with van der Waals surface area (Å²) in [5, 5.41) is 13.5. The monoisotopic (exact) mass is 384 g/mol. The maximum Gasteiger partial charge on any atom is 0.257 e. The zero-order chi connectivity index (χ0) is 19.7. The van der Waals surface area contributed by atoms with E-state index in [9.17, 15) is 4.79 Å². The van der Waals surface area contributed by atoms with Gasteiger partial charge in [-0.15, -0.1) is 5.10 Å². The summed E-state index contributed by atoms with van der Waals surface area (Å²) in [5.74, 6) is 0.670. The standard InChI is InChI=1S/C18H24N8O2/c1-3-13-12-10-20-18-21-15-11(2)25(7-4-6-14(19)27)24-17(15)28-9-5-8-26(23-13)16(12)22-18/h10H,3-9H2,1-2H3,(H2,19,27)(H,20,21,22). The van der Waals surface area contributed by atoms with Gasteiger partial charge < -0.3 is 15.8 Å². The van der Waals surface area contributed by atoms with Crippen molar-refractivity contribution in [2.75, 3.05) is 11.9 Å². The molecule has 0 fully saturated rings.